The Morgan fingerprint density at radius 3 is 2.56 bits per heavy atom. The second kappa shape index (κ2) is 6.49. The lowest BCUT2D eigenvalue weighted by Gasteiger charge is -2.36. The number of ether oxygens (including phenoxy) is 1. The van der Waals surface area contributed by atoms with Gasteiger partial charge in [0.05, 0.1) is 0 Å². The summed E-state index contributed by atoms with van der Waals surface area (Å²) in [5.74, 6) is 5.44. The zero-order chi connectivity index (χ0) is 12.8. The summed E-state index contributed by atoms with van der Waals surface area (Å²) in [5, 5.41) is 0. The van der Waals surface area contributed by atoms with Crippen molar-refractivity contribution in [3.05, 3.63) is 35.9 Å². The lowest BCUT2D eigenvalue weighted by molar-refractivity contribution is -0.145. The van der Waals surface area contributed by atoms with Gasteiger partial charge in [-0.3, -0.25) is 21.0 Å². The highest BCUT2D eigenvalue weighted by atomic mass is 16.5. The molecule has 2 rings (SSSR count). The highest BCUT2D eigenvalue weighted by Crippen LogP contribution is 2.24. The van der Waals surface area contributed by atoms with Crippen molar-refractivity contribution in [2.45, 2.75) is 25.1 Å². The Balaban J connectivity index is 2.05. The van der Waals surface area contributed by atoms with Crippen LogP contribution in [-0.4, -0.2) is 30.5 Å². The van der Waals surface area contributed by atoms with Crippen LogP contribution in [0, 0.1) is 0 Å². The molecule has 5 heteroatoms. The van der Waals surface area contributed by atoms with Crippen LogP contribution >= 0.6 is 0 Å². The molecule has 1 heterocycles. The van der Waals surface area contributed by atoms with E-state index in [1.54, 1.807) is 0 Å². The molecular weight excluding hydrogens is 230 g/mol. The standard InChI is InChI=1S/C13H19N3O2/c14-15-12-6-8-16(9-7-12)13(18-10-17)11-4-2-1-3-5-11/h1-5,10,12-13,15H,6-9,14H2. The molecule has 1 saturated heterocycles. The normalized spacial score (nSPS) is 19.4. The molecule has 1 aromatic rings. The zero-order valence-electron chi connectivity index (χ0n) is 10.3. The maximum absolute atomic E-state index is 10.7. The van der Waals surface area contributed by atoms with Crippen LogP contribution in [0.2, 0.25) is 0 Å². The molecule has 0 aromatic heterocycles. The van der Waals surface area contributed by atoms with Gasteiger partial charge in [-0.05, 0) is 12.8 Å². The van der Waals surface area contributed by atoms with Gasteiger partial charge in [-0.2, -0.15) is 0 Å². The number of hydrazine groups is 1. The number of nitrogens with two attached hydrogens (primary N) is 1. The molecule has 1 aliphatic rings. The topological polar surface area (TPSA) is 67.6 Å². The van der Waals surface area contributed by atoms with E-state index in [2.05, 4.69) is 10.3 Å². The number of rotatable bonds is 5. The van der Waals surface area contributed by atoms with Gasteiger partial charge < -0.3 is 4.74 Å². The lowest BCUT2D eigenvalue weighted by atomic mass is 10.0. The molecule has 5 nitrogen and oxygen atoms in total. The maximum atomic E-state index is 10.7. The van der Waals surface area contributed by atoms with Gasteiger partial charge in [-0.1, -0.05) is 30.3 Å². The summed E-state index contributed by atoms with van der Waals surface area (Å²) >= 11 is 0. The molecule has 1 aromatic carbocycles. The molecule has 0 aliphatic carbocycles. The molecule has 0 amide bonds. The molecule has 3 N–H and O–H groups in total. The van der Waals surface area contributed by atoms with E-state index in [9.17, 15) is 4.79 Å². The van der Waals surface area contributed by atoms with Crippen molar-refractivity contribution in [2.75, 3.05) is 13.1 Å². The van der Waals surface area contributed by atoms with Crippen LogP contribution in [0.5, 0.6) is 0 Å². The molecule has 1 atom stereocenters. The van der Waals surface area contributed by atoms with Gasteiger partial charge in [-0.15, -0.1) is 0 Å². The van der Waals surface area contributed by atoms with Crippen LogP contribution < -0.4 is 11.3 Å². The summed E-state index contributed by atoms with van der Waals surface area (Å²) < 4.78 is 5.23. The number of carbonyl (C=O) groups is 1. The third kappa shape index (κ3) is 3.07. The smallest absolute Gasteiger partial charge is 0.294 e. The number of nitrogens with zero attached hydrogens (tertiary/aromatic N) is 1. The fourth-order valence-electron chi connectivity index (χ4n) is 2.35. The molecule has 0 radical (unpaired) electrons. The van der Waals surface area contributed by atoms with E-state index in [1.807, 2.05) is 30.3 Å². The summed E-state index contributed by atoms with van der Waals surface area (Å²) in [7, 11) is 0. The lowest BCUT2D eigenvalue weighted by Crippen LogP contribution is -2.46. The summed E-state index contributed by atoms with van der Waals surface area (Å²) in [6.45, 7) is 2.25. The third-order valence-electron chi connectivity index (χ3n) is 3.37. The number of piperidine rings is 1. The average Bonchev–Trinajstić information content (AvgIpc) is 2.46. The molecular formula is C13H19N3O2. The molecule has 1 fully saturated rings. The van der Waals surface area contributed by atoms with Crippen molar-refractivity contribution in [2.24, 2.45) is 5.84 Å². The summed E-state index contributed by atoms with van der Waals surface area (Å²) in [4.78, 5) is 12.8. The maximum Gasteiger partial charge on any atom is 0.294 e. The average molecular weight is 249 g/mol. The molecule has 18 heavy (non-hydrogen) atoms. The van der Waals surface area contributed by atoms with Crippen molar-refractivity contribution in [1.29, 1.82) is 0 Å². The SMILES string of the molecule is NNC1CCN(C(OC=O)c2ccccc2)CC1. The van der Waals surface area contributed by atoms with E-state index in [0.29, 0.717) is 12.5 Å². The minimum absolute atomic E-state index is 0.289. The van der Waals surface area contributed by atoms with Crippen LogP contribution in [0.3, 0.4) is 0 Å². The zero-order valence-corrected chi connectivity index (χ0v) is 10.3. The first kappa shape index (κ1) is 13.0. The predicted molar refractivity (Wildman–Crippen MR) is 68.3 cm³/mol. The van der Waals surface area contributed by atoms with E-state index in [1.165, 1.54) is 0 Å². The number of hydrogen-bond acceptors (Lipinski definition) is 5. The van der Waals surface area contributed by atoms with Gasteiger partial charge in [0.15, 0.2) is 6.23 Å². The van der Waals surface area contributed by atoms with E-state index in [0.717, 1.165) is 31.5 Å². The van der Waals surface area contributed by atoms with Crippen LogP contribution in [0.4, 0.5) is 0 Å². The number of likely N-dealkylation sites (tertiary alicyclic amines) is 1. The highest BCUT2D eigenvalue weighted by molar-refractivity contribution is 5.38. The highest BCUT2D eigenvalue weighted by Gasteiger charge is 2.26. The first-order valence-corrected chi connectivity index (χ1v) is 6.19. The van der Waals surface area contributed by atoms with Gasteiger partial charge in [0.1, 0.15) is 0 Å². The van der Waals surface area contributed by atoms with Crippen LogP contribution in [0.25, 0.3) is 0 Å². The Bertz CT molecular complexity index is 364. The van der Waals surface area contributed by atoms with Crippen molar-refractivity contribution in [3.8, 4) is 0 Å². The Morgan fingerprint density at radius 1 is 1.33 bits per heavy atom. The number of nitrogens with one attached hydrogen (secondary N) is 1. The summed E-state index contributed by atoms with van der Waals surface area (Å²) in [6, 6.07) is 10.2. The van der Waals surface area contributed by atoms with Crippen molar-refractivity contribution >= 4 is 6.47 Å². The fourth-order valence-corrected chi connectivity index (χ4v) is 2.35. The Kier molecular flexibility index (Phi) is 4.69. The van der Waals surface area contributed by atoms with Gasteiger partial charge in [0.25, 0.3) is 6.47 Å². The third-order valence-corrected chi connectivity index (χ3v) is 3.37. The molecule has 0 bridgehead atoms. The van der Waals surface area contributed by atoms with Gasteiger partial charge in [0.2, 0.25) is 0 Å². The Labute approximate surface area is 107 Å². The van der Waals surface area contributed by atoms with Gasteiger partial charge >= 0.3 is 0 Å². The van der Waals surface area contributed by atoms with E-state index in [-0.39, 0.29) is 6.23 Å². The van der Waals surface area contributed by atoms with Crippen LogP contribution in [-0.2, 0) is 9.53 Å². The second-order valence-corrected chi connectivity index (χ2v) is 4.47. The fraction of sp³-hybridized carbons (Fsp3) is 0.462. The van der Waals surface area contributed by atoms with Crippen molar-refractivity contribution in [3.63, 3.8) is 0 Å². The minimum atomic E-state index is -0.289. The van der Waals surface area contributed by atoms with Crippen molar-refractivity contribution in [1.82, 2.24) is 10.3 Å². The van der Waals surface area contributed by atoms with Crippen LogP contribution in [0.15, 0.2) is 30.3 Å². The molecule has 1 unspecified atom stereocenters. The second-order valence-electron chi connectivity index (χ2n) is 4.47. The summed E-state index contributed by atoms with van der Waals surface area (Å²) in [5.41, 5.74) is 3.80. The van der Waals surface area contributed by atoms with Gasteiger partial charge in [0, 0.05) is 24.7 Å². The first-order valence-electron chi connectivity index (χ1n) is 6.19. The molecule has 0 spiro atoms. The number of carbonyl (C=O) groups excluding carboxylic acids is 1. The molecule has 1 aliphatic heterocycles. The van der Waals surface area contributed by atoms with Gasteiger partial charge in [-0.25, -0.2) is 0 Å². The largest absolute Gasteiger partial charge is 0.444 e. The molecule has 0 saturated carbocycles. The molecule has 98 valence electrons. The Morgan fingerprint density at radius 2 is 2.00 bits per heavy atom. The number of benzene rings is 1. The summed E-state index contributed by atoms with van der Waals surface area (Å²) in [6.07, 6.45) is 1.63. The van der Waals surface area contributed by atoms with Crippen molar-refractivity contribution < 1.29 is 9.53 Å². The first-order chi connectivity index (χ1) is 8.85. The van der Waals surface area contributed by atoms with Crippen LogP contribution in [0.1, 0.15) is 24.6 Å². The minimum Gasteiger partial charge on any atom is -0.444 e. The monoisotopic (exact) mass is 249 g/mol. The number of hydrogen-bond donors (Lipinski definition) is 2. The quantitative estimate of drug-likeness (QED) is 0.459. The Hall–Kier alpha value is -1.43. The van der Waals surface area contributed by atoms with E-state index in [4.69, 9.17) is 10.6 Å². The van der Waals surface area contributed by atoms with E-state index < -0.39 is 0 Å². The van der Waals surface area contributed by atoms with E-state index >= 15 is 0 Å². The predicted octanol–water partition coefficient (Wildman–Crippen LogP) is 0.786.